The van der Waals surface area contributed by atoms with E-state index in [-0.39, 0.29) is 29.8 Å². The summed E-state index contributed by atoms with van der Waals surface area (Å²) in [4.78, 5) is 29.3. The van der Waals surface area contributed by atoms with Crippen molar-refractivity contribution >= 4 is 34.3 Å². The maximum absolute atomic E-state index is 12.5. The first-order valence-corrected chi connectivity index (χ1v) is 8.79. The van der Waals surface area contributed by atoms with Gasteiger partial charge in [-0.1, -0.05) is 11.6 Å². The highest BCUT2D eigenvalue weighted by molar-refractivity contribution is 6.31. The molecule has 4 N–H and O–H groups in total. The quantitative estimate of drug-likeness (QED) is 0.781. The molecule has 0 saturated heterocycles. The fourth-order valence-corrected chi connectivity index (χ4v) is 3.63. The molecule has 3 unspecified atom stereocenters. The molecule has 0 bridgehead atoms. The van der Waals surface area contributed by atoms with E-state index in [1.54, 1.807) is 31.1 Å². The zero-order chi connectivity index (χ0) is 18.1. The molecule has 7 heteroatoms. The van der Waals surface area contributed by atoms with Crippen molar-refractivity contribution in [2.75, 3.05) is 14.1 Å². The fourth-order valence-electron chi connectivity index (χ4n) is 3.45. The molecule has 2 aromatic rings. The molecule has 3 atom stereocenters. The van der Waals surface area contributed by atoms with Gasteiger partial charge in [-0.05, 0) is 43.5 Å². The summed E-state index contributed by atoms with van der Waals surface area (Å²) in [5.74, 6) is -0.147. The first-order valence-electron chi connectivity index (χ1n) is 8.41. The number of nitrogens with one attached hydrogen (secondary N) is 2. The molecule has 0 aliphatic heterocycles. The van der Waals surface area contributed by atoms with E-state index in [0.29, 0.717) is 23.6 Å². The van der Waals surface area contributed by atoms with Gasteiger partial charge in [-0.25, -0.2) is 0 Å². The predicted molar refractivity (Wildman–Crippen MR) is 98.6 cm³/mol. The molecule has 1 aromatic heterocycles. The highest BCUT2D eigenvalue weighted by atomic mass is 35.5. The summed E-state index contributed by atoms with van der Waals surface area (Å²) in [5.41, 5.74) is 7.56. The molecular weight excluding hydrogens is 340 g/mol. The summed E-state index contributed by atoms with van der Waals surface area (Å²) in [6.07, 6.45) is 2.02. The number of aromatic nitrogens is 1. The van der Waals surface area contributed by atoms with Crippen molar-refractivity contribution in [3.63, 3.8) is 0 Å². The molecular formula is C18H23ClN4O2. The van der Waals surface area contributed by atoms with Gasteiger partial charge < -0.3 is 20.9 Å². The number of amides is 2. The van der Waals surface area contributed by atoms with Crippen LogP contribution in [0.4, 0.5) is 0 Å². The summed E-state index contributed by atoms with van der Waals surface area (Å²) in [5, 5.41) is 4.52. The number of nitrogens with two attached hydrogens (primary N) is 1. The van der Waals surface area contributed by atoms with E-state index in [2.05, 4.69) is 10.3 Å². The third-order valence-corrected chi connectivity index (χ3v) is 5.07. The van der Waals surface area contributed by atoms with Gasteiger partial charge in [0.25, 0.3) is 5.91 Å². The molecule has 1 saturated carbocycles. The summed E-state index contributed by atoms with van der Waals surface area (Å²) in [6.45, 7) is 0. The van der Waals surface area contributed by atoms with Crippen LogP contribution < -0.4 is 11.1 Å². The van der Waals surface area contributed by atoms with Gasteiger partial charge in [0.05, 0.1) is 0 Å². The lowest BCUT2D eigenvalue weighted by Gasteiger charge is -2.34. The average molecular weight is 363 g/mol. The molecule has 0 radical (unpaired) electrons. The summed E-state index contributed by atoms with van der Waals surface area (Å²) >= 11 is 5.98. The molecule has 6 nitrogen and oxygen atoms in total. The third kappa shape index (κ3) is 3.80. The number of benzene rings is 1. The molecule has 1 aliphatic carbocycles. The molecule has 0 spiro atoms. The Morgan fingerprint density at radius 3 is 2.72 bits per heavy atom. The minimum atomic E-state index is -0.231. The van der Waals surface area contributed by atoms with E-state index < -0.39 is 0 Å². The topological polar surface area (TPSA) is 91.2 Å². The van der Waals surface area contributed by atoms with Gasteiger partial charge in [0.15, 0.2) is 0 Å². The number of halogens is 1. The Morgan fingerprint density at radius 2 is 2.04 bits per heavy atom. The van der Waals surface area contributed by atoms with Gasteiger partial charge in [-0.15, -0.1) is 0 Å². The number of carbonyl (C=O) groups excluding carboxylic acids is 2. The van der Waals surface area contributed by atoms with E-state index in [1.807, 2.05) is 12.1 Å². The predicted octanol–water partition coefficient (Wildman–Crippen LogP) is 2.14. The van der Waals surface area contributed by atoms with Crippen LogP contribution in [0.1, 0.15) is 29.8 Å². The van der Waals surface area contributed by atoms with Crippen molar-refractivity contribution in [1.82, 2.24) is 15.2 Å². The molecule has 1 fully saturated rings. The van der Waals surface area contributed by atoms with Gasteiger partial charge in [0, 0.05) is 48.0 Å². The van der Waals surface area contributed by atoms with Gasteiger partial charge >= 0.3 is 0 Å². The normalized spacial score (nSPS) is 23.4. The van der Waals surface area contributed by atoms with E-state index in [4.69, 9.17) is 17.3 Å². The van der Waals surface area contributed by atoms with Crippen molar-refractivity contribution in [3.8, 4) is 0 Å². The maximum Gasteiger partial charge on any atom is 0.268 e. The zero-order valence-electron chi connectivity index (χ0n) is 14.4. The molecule has 1 heterocycles. The number of carbonyl (C=O) groups is 2. The third-order valence-electron chi connectivity index (χ3n) is 4.83. The number of fused-ring (bicyclic) bond motifs is 1. The van der Waals surface area contributed by atoms with Gasteiger partial charge in [0.2, 0.25) is 5.91 Å². The Kier molecular flexibility index (Phi) is 5.01. The maximum atomic E-state index is 12.5. The number of hydrogen-bond donors (Lipinski definition) is 3. The number of nitrogens with zero attached hydrogens (tertiary/aromatic N) is 1. The lowest BCUT2D eigenvalue weighted by atomic mass is 9.82. The lowest BCUT2D eigenvalue weighted by Crippen LogP contribution is -2.52. The Morgan fingerprint density at radius 1 is 1.28 bits per heavy atom. The number of hydrogen-bond acceptors (Lipinski definition) is 3. The molecule has 2 amide bonds. The summed E-state index contributed by atoms with van der Waals surface area (Å²) < 4.78 is 0. The second kappa shape index (κ2) is 7.06. The monoisotopic (exact) mass is 362 g/mol. The Balaban J connectivity index is 1.65. The SMILES string of the molecule is CN(C)C(=O)C1CCC(NC(=O)c2cc3cc(Cl)ccc3[nH]2)C(N)C1. The van der Waals surface area contributed by atoms with Crippen molar-refractivity contribution in [3.05, 3.63) is 35.0 Å². The molecule has 1 aromatic carbocycles. The van der Waals surface area contributed by atoms with Crippen LogP contribution in [0.3, 0.4) is 0 Å². The minimum absolute atomic E-state index is 0.0617. The van der Waals surface area contributed by atoms with Crippen LogP contribution in [-0.2, 0) is 4.79 Å². The van der Waals surface area contributed by atoms with Crippen LogP contribution in [0.2, 0.25) is 5.02 Å². The molecule has 25 heavy (non-hydrogen) atoms. The Hall–Kier alpha value is -2.05. The van der Waals surface area contributed by atoms with E-state index >= 15 is 0 Å². The highest BCUT2D eigenvalue weighted by Crippen LogP contribution is 2.26. The first-order chi connectivity index (χ1) is 11.8. The van der Waals surface area contributed by atoms with Crippen molar-refractivity contribution < 1.29 is 9.59 Å². The van der Waals surface area contributed by atoms with E-state index in [0.717, 1.165) is 17.3 Å². The van der Waals surface area contributed by atoms with Gasteiger partial charge in [-0.3, -0.25) is 9.59 Å². The first kappa shape index (κ1) is 17.8. The van der Waals surface area contributed by atoms with Gasteiger partial charge in [-0.2, -0.15) is 0 Å². The second-order valence-electron chi connectivity index (χ2n) is 6.90. The highest BCUT2D eigenvalue weighted by Gasteiger charge is 2.33. The van der Waals surface area contributed by atoms with E-state index in [1.165, 1.54) is 0 Å². The van der Waals surface area contributed by atoms with Crippen molar-refractivity contribution in [1.29, 1.82) is 0 Å². The second-order valence-corrected chi connectivity index (χ2v) is 7.34. The standard InChI is InChI=1S/C18H23ClN4O2/c1-23(2)18(25)10-3-5-15(13(20)8-10)22-17(24)16-9-11-7-12(19)4-6-14(11)21-16/h4,6-7,9-10,13,15,21H,3,5,8,20H2,1-2H3,(H,22,24). The van der Waals surface area contributed by atoms with Gasteiger partial charge in [0.1, 0.15) is 5.69 Å². The zero-order valence-corrected chi connectivity index (χ0v) is 15.1. The summed E-state index contributed by atoms with van der Waals surface area (Å²) in [7, 11) is 3.51. The molecule has 134 valence electrons. The van der Waals surface area contributed by atoms with Crippen LogP contribution in [0.15, 0.2) is 24.3 Å². The number of aromatic amines is 1. The van der Waals surface area contributed by atoms with Crippen LogP contribution in [0, 0.1) is 5.92 Å². The lowest BCUT2D eigenvalue weighted by molar-refractivity contribution is -0.134. The van der Waals surface area contributed by atoms with Crippen molar-refractivity contribution in [2.45, 2.75) is 31.3 Å². The van der Waals surface area contributed by atoms with Crippen molar-refractivity contribution in [2.24, 2.45) is 11.7 Å². The summed E-state index contributed by atoms with van der Waals surface area (Å²) in [6, 6.07) is 6.86. The fraction of sp³-hybridized carbons (Fsp3) is 0.444. The largest absolute Gasteiger partial charge is 0.351 e. The number of H-pyrrole nitrogens is 1. The van der Waals surface area contributed by atoms with Crippen LogP contribution in [-0.4, -0.2) is 47.9 Å². The molecule has 1 aliphatic rings. The smallest absolute Gasteiger partial charge is 0.268 e. The van der Waals surface area contributed by atoms with Crippen LogP contribution >= 0.6 is 11.6 Å². The number of rotatable bonds is 3. The minimum Gasteiger partial charge on any atom is -0.351 e. The Bertz CT molecular complexity index is 801. The molecule has 3 rings (SSSR count). The Labute approximate surface area is 151 Å². The van der Waals surface area contributed by atoms with E-state index in [9.17, 15) is 9.59 Å². The van der Waals surface area contributed by atoms with Crippen LogP contribution in [0.5, 0.6) is 0 Å². The van der Waals surface area contributed by atoms with Crippen LogP contribution in [0.25, 0.3) is 10.9 Å². The average Bonchev–Trinajstić information content (AvgIpc) is 2.99.